The van der Waals surface area contributed by atoms with Crippen LogP contribution in [-0.2, 0) is 0 Å². The first-order valence-electron chi connectivity index (χ1n) is 4.44. The van der Waals surface area contributed by atoms with E-state index < -0.39 is 11.0 Å². The normalized spacial score (nSPS) is 14.2. The highest BCUT2D eigenvalue weighted by Gasteiger charge is 2.13. The fourth-order valence-electron chi connectivity index (χ4n) is 1.27. The Morgan fingerprint density at radius 3 is 2.88 bits per heavy atom. The number of hydrogen-bond acceptors (Lipinski definition) is 4. The summed E-state index contributed by atoms with van der Waals surface area (Å²) in [4.78, 5) is 21.1. The van der Waals surface area contributed by atoms with E-state index >= 15 is 0 Å². The van der Waals surface area contributed by atoms with E-state index in [-0.39, 0.29) is 5.69 Å². The Balaban J connectivity index is 2.30. The van der Waals surface area contributed by atoms with Gasteiger partial charge in [-0.15, -0.1) is 0 Å². The molecule has 0 saturated heterocycles. The predicted octanol–water partition coefficient (Wildman–Crippen LogP) is 1.10. The van der Waals surface area contributed by atoms with Crippen molar-refractivity contribution < 1.29 is 9.72 Å². The molecule has 2 N–H and O–H groups in total. The van der Waals surface area contributed by atoms with E-state index in [0.717, 1.165) is 0 Å². The smallest absolute Gasteiger partial charge is 0.312 e. The van der Waals surface area contributed by atoms with Crippen LogP contribution in [0.2, 0.25) is 0 Å². The molecule has 0 atom stereocenters. The summed E-state index contributed by atoms with van der Waals surface area (Å²) < 4.78 is 0. The maximum Gasteiger partial charge on any atom is 0.337 e. The summed E-state index contributed by atoms with van der Waals surface area (Å²) in [7, 11) is 0. The summed E-state index contributed by atoms with van der Waals surface area (Å²) in [6.45, 7) is 0. The van der Waals surface area contributed by atoms with Crippen molar-refractivity contribution in [2.75, 3.05) is 5.01 Å². The van der Waals surface area contributed by atoms with Gasteiger partial charge >= 0.3 is 6.03 Å². The Hall–Kier alpha value is -2.57. The van der Waals surface area contributed by atoms with Gasteiger partial charge in [-0.25, -0.2) is 10.2 Å². The van der Waals surface area contributed by atoms with E-state index in [0.29, 0.717) is 5.69 Å². The minimum atomic E-state index is -0.489. The van der Waals surface area contributed by atoms with Gasteiger partial charge in [-0.05, 0) is 6.07 Å². The van der Waals surface area contributed by atoms with Gasteiger partial charge in [-0.3, -0.25) is 15.1 Å². The van der Waals surface area contributed by atoms with Gasteiger partial charge in [0.15, 0.2) is 0 Å². The number of hydrogen-bond donors (Lipinski definition) is 2. The summed E-state index contributed by atoms with van der Waals surface area (Å²) in [5.74, 6) is 0. The Morgan fingerprint density at radius 1 is 1.38 bits per heavy atom. The molecule has 0 radical (unpaired) electrons. The van der Waals surface area contributed by atoms with Crippen LogP contribution in [0, 0.1) is 10.1 Å². The number of benzene rings is 1. The lowest BCUT2D eigenvalue weighted by atomic mass is 10.3. The van der Waals surface area contributed by atoms with Gasteiger partial charge in [0.05, 0.1) is 10.6 Å². The molecule has 0 saturated carbocycles. The minimum absolute atomic E-state index is 0.0290. The van der Waals surface area contributed by atoms with Crippen molar-refractivity contribution in [2.24, 2.45) is 0 Å². The number of nitrogens with zero attached hydrogens (tertiary/aromatic N) is 2. The maximum atomic E-state index is 11.0. The highest BCUT2D eigenvalue weighted by Crippen LogP contribution is 2.20. The van der Waals surface area contributed by atoms with Crippen molar-refractivity contribution in [1.29, 1.82) is 0 Å². The highest BCUT2D eigenvalue weighted by atomic mass is 16.6. The average Bonchev–Trinajstić information content (AvgIpc) is 2.29. The third-order valence-corrected chi connectivity index (χ3v) is 1.98. The molecule has 0 bridgehead atoms. The summed E-state index contributed by atoms with van der Waals surface area (Å²) in [5.41, 5.74) is 2.96. The first kappa shape index (κ1) is 9.97. The number of carbonyl (C=O) groups excluding carboxylic acids is 1. The van der Waals surface area contributed by atoms with E-state index in [9.17, 15) is 14.9 Å². The molecular formula is C9H8N4O3. The Morgan fingerprint density at radius 2 is 2.19 bits per heavy atom. The minimum Gasteiger partial charge on any atom is -0.312 e. The van der Waals surface area contributed by atoms with E-state index in [1.54, 1.807) is 18.3 Å². The lowest BCUT2D eigenvalue weighted by molar-refractivity contribution is -0.384. The van der Waals surface area contributed by atoms with Gasteiger partial charge < -0.3 is 5.32 Å². The first-order chi connectivity index (χ1) is 7.66. The molecule has 1 aromatic carbocycles. The molecule has 0 aromatic heterocycles. The number of urea groups is 1. The first-order valence-corrected chi connectivity index (χ1v) is 4.44. The highest BCUT2D eigenvalue weighted by molar-refractivity contribution is 5.79. The van der Waals surface area contributed by atoms with Crippen molar-refractivity contribution in [3.05, 3.63) is 46.8 Å². The van der Waals surface area contributed by atoms with Gasteiger partial charge in [-0.1, -0.05) is 6.07 Å². The van der Waals surface area contributed by atoms with Crippen LogP contribution in [0.3, 0.4) is 0 Å². The Labute approximate surface area is 90.5 Å². The van der Waals surface area contributed by atoms with Crippen LogP contribution in [0.1, 0.15) is 0 Å². The van der Waals surface area contributed by atoms with E-state index in [1.807, 2.05) is 0 Å². The van der Waals surface area contributed by atoms with Crippen LogP contribution < -0.4 is 15.8 Å². The summed E-state index contributed by atoms with van der Waals surface area (Å²) >= 11 is 0. The molecule has 1 aliphatic rings. The monoisotopic (exact) mass is 220 g/mol. The van der Waals surface area contributed by atoms with E-state index in [4.69, 9.17) is 0 Å². The topological polar surface area (TPSA) is 87.5 Å². The van der Waals surface area contributed by atoms with Crippen molar-refractivity contribution in [3.63, 3.8) is 0 Å². The third-order valence-electron chi connectivity index (χ3n) is 1.98. The molecule has 1 aromatic rings. The maximum absolute atomic E-state index is 11.0. The molecular weight excluding hydrogens is 212 g/mol. The van der Waals surface area contributed by atoms with Crippen molar-refractivity contribution in [1.82, 2.24) is 10.7 Å². The molecule has 2 amide bonds. The lowest BCUT2D eigenvalue weighted by Gasteiger charge is -2.23. The number of nitro groups is 1. The number of anilines is 1. The zero-order valence-corrected chi connectivity index (χ0v) is 8.08. The molecule has 0 fully saturated rings. The molecule has 2 rings (SSSR count). The van der Waals surface area contributed by atoms with Gasteiger partial charge in [0, 0.05) is 24.5 Å². The lowest BCUT2D eigenvalue weighted by Crippen LogP contribution is -2.46. The van der Waals surface area contributed by atoms with Gasteiger partial charge in [-0.2, -0.15) is 0 Å². The van der Waals surface area contributed by atoms with E-state index in [1.165, 1.54) is 23.3 Å². The molecule has 7 heteroatoms. The number of nitrogens with one attached hydrogen (secondary N) is 2. The molecule has 0 unspecified atom stereocenters. The molecule has 0 aliphatic carbocycles. The number of hydrazine groups is 1. The number of rotatable bonds is 2. The van der Waals surface area contributed by atoms with Crippen LogP contribution in [0.5, 0.6) is 0 Å². The van der Waals surface area contributed by atoms with Crippen LogP contribution in [0.4, 0.5) is 16.2 Å². The van der Waals surface area contributed by atoms with Crippen LogP contribution in [0.15, 0.2) is 36.7 Å². The number of nitro benzene ring substituents is 1. The van der Waals surface area contributed by atoms with Crippen molar-refractivity contribution in [3.8, 4) is 0 Å². The molecule has 1 aliphatic heterocycles. The second-order valence-corrected chi connectivity index (χ2v) is 3.05. The molecule has 7 nitrogen and oxygen atoms in total. The fraction of sp³-hybridized carbons (Fsp3) is 0. The van der Waals surface area contributed by atoms with Crippen LogP contribution >= 0.6 is 0 Å². The quantitative estimate of drug-likeness (QED) is 0.577. The zero-order chi connectivity index (χ0) is 11.5. The molecule has 0 spiro atoms. The van der Waals surface area contributed by atoms with Gasteiger partial charge in [0.1, 0.15) is 0 Å². The summed E-state index contributed by atoms with van der Waals surface area (Å²) in [6, 6.07) is 5.57. The number of amides is 2. The van der Waals surface area contributed by atoms with Crippen LogP contribution in [-0.4, -0.2) is 11.0 Å². The molecule has 16 heavy (non-hydrogen) atoms. The van der Waals surface area contributed by atoms with Crippen molar-refractivity contribution in [2.45, 2.75) is 0 Å². The van der Waals surface area contributed by atoms with Gasteiger partial charge in [0.25, 0.3) is 5.69 Å². The van der Waals surface area contributed by atoms with Gasteiger partial charge in [0.2, 0.25) is 0 Å². The predicted molar refractivity (Wildman–Crippen MR) is 56.4 cm³/mol. The standard InChI is InChI=1S/C9H8N4O3/c14-9-10-4-5-12(11-9)7-2-1-3-8(6-7)13(15)16/h1-6H,(H2,10,11,14). The SMILES string of the molecule is O=C1NC=CN(c2cccc([N+](=O)[O-])c2)N1. The summed E-state index contributed by atoms with van der Waals surface area (Å²) in [6.07, 6.45) is 3.00. The molecule has 82 valence electrons. The summed E-state index contributed by atoms with van der Waals surface area (Å²) in [5, 5.41) is 14.4. The van der Waals surface area contributed by atoms with E-state index in [2.05, 4.69) is 10.7 Å². The fourth-order valence-corrected chi connectivity index (χ4v) is 1.27. The van der Waals surface area contributed by atoms with Crippen LogP contribution in [0.25, 0.3) is 0 Å². The third kappa shape index (κ3) is 1.92. The second kappa shape index (κ2) is 3.89. The number of carbonyl (C=O) groups is 1. The second-order valence-electron chi connectivity index (χ2n) is 3.05. The zero-order valence-electron chi connectivity index (χ0n) is 8.08. The van der Waals surface area contributed by atoms with Crippen molar-refractivity contribution >= 4 is 17.4 Å². The Kier molecular flexibility index (Phi) is 2.42. The molecule has 1 heterocycles. The largest absolute Gasteiger partial charge is 0.337 e. The average molecular weight is 220 g/mol. The Bertz CT molecular complexity index is 472. The number of non-ortho nitro benzene ring substituents is 1.